The molecule has 2 aromatic rings. The third kappa shape index (κ3) is 3.31. The van der Waals surface area contributed by atoms with Gasteiger partial charge in [0.25, 0.3) is 0 Å². The summed E-state index contributed by atoms with van der Waals surface area (Å²) in [4.78, 5) is 0.222. The fraction of sp³-hybridized carbons (Fsp3) is 0.250. The molecule has 0 aliphatic rings. The van der Waals surface area contributed by atoms with Gasteiger partial charge >= 0.3 is 0 Å². The summed E-state index contributed by atoms with van der Waals surface area (Å²) in [6, 6.07) is 8.94. The Balaban J connectivity index is 2.44. The molecule has 1 atom stereocenters. The maximum atomic E-state index is 14.1. The summed E-state index contributed by atoms with van der Waals surface area (Å²) in [5.74, 6) is -0.341. The maximum Gasteiger partial charge on any atom is 0.175 e. The first-order valence-corrected chi connectivity index (χ1v) is 8.41. The van der Waals surface area contributed by atoms with Crippen molar-refractivity contribution in [3.05, 3.63) is 64.5 Å². The zero-order valence-corrected chi connectivity index (χ0v) is 13.0. The smallest absolute Gasteiger partial charge is 0.175 e. The van der Waals surface area contributed by atoms with Crippen LogP contribution in [-0.2, 0) is 9.84 Å². The van der Waals surface area contributed by atoms with Gasteiger partial charge in [0.2, 0.25) is 0 Å². The van der Waals surface area contributed by atoms with Gasteiger partial charge in [-0.3, -0.25) is 0 Å². The summed E-state index contributed by atoms with van der Waals surface area (Å²) in [6.07, 6.45) is 1.14. The summed E-state index contributed by atoms with van der Waals surface area (Å²) in [6.45, 7) is 3.64. The average Bonchev–Trinajstić information content (AvgIpc) is 2.36. The molecule has 0 saturated carbocycles. The Kier molecular flexibility index (Phi) is 4.16. The maximum absolute atomic E-state index is 14.1. The van der Waals surface area contributed by atoms with Crippen molar-refractivity contribution >= 4 is 9.84 Å². The molecule has 0 aromatic heterocycles. The zero-order valence-electron chi connectivity index (χ0n) is 12.2. The number of halogens is 1. The number of aryl methyl sites for hydroxylation is 2. The van der Waals surface area contributed by atoms with Crippen LogP contribution >= 0.6 is 0 Å². The molecule has 2 rings (SSSR count). The van der Waals surface area contributed by atoms with E-state index in [1.165, 1.54) is 18.2 Å². The van der Waals surface area contributed by atoms with Gasteiger partial charge in [-0.1, -0.05) is 18.2 Å². The molecule has 0 aliphatic heterocycles. The van der Waals surface area contributed by atoms with Crippen LogP contribution in [-0.4, -0.2) is 14.7 Å². The fourth-order valence-corrected chi connectivity index (χ4v) is 3.04. The molecule has 2 N–H and O–H groups in total. The van der Waals surface area contributed by atoms with Crippen molar-refractivity contribution in [1.29, 1.82) is 0 Å². The summed E-state index contributed by atoms with van der Waals surface area (Å²) < 4.78 is 37.0. The van der Waals surface area contributed by atoms with Crippen LogP contribution in [0.4, 0.5) is 4.39 Å². The number of hydrogen-bond acceptors (Lipinski definition) is 3. The van der Waals surface area contributed by atoms with Crippen molar-refractivity contribution in [2.75, 3.05) is 6.26 Å². The van der Waals surface area contributed by atoms with E-state index in [1.54, 1.807) is 12.1 Å². The molecule has 3 nitrogen and oxygen atoms in total. The highest BCUT2D eigenvalue weighted by atomic mass is 32.2. The van der Waals surface area contributed by atoms with Gasteiger partial charge in [-0.2, -0.15) is 0 Å². The lowest BCUT2D eigenvalue weighted by molar-refractivity contribution is 0.595. The average molecular weight is 307 g/mol. The molecule has 0 saturated heterocycles. The molecule has 0 bridgehead atoms. The minimum Gasteiger partial charge on any atom is -0.320 e. The third-order valence-electron chi connectivity index (χ3n) is 3.46. The SMILES string of the molecule is Cc1cc(C)c(C(N)c2ccc(S(C)(=O)=O)cc2)c(F)c1. The van der Waals surface area contributed by atoms with Crippen LogP contribution in [0.2, 0.25) is 0 Å². The van der Waals surface area contributed by atoms with E-state index in [1.807, 2.05) is 19.9 Å². The van der Waals surface area contributed by atoms with Crippen molar-refractivity contribution in [3.8, 4) is 0 Å². The van der Waals surface area contributed by atoms with Gasteiger partial charge in [-0.15, -0.1) is 0 Å². The van der Waals surface area contributed by atoms with Crippen molar-refractivity contribution in [1.82, 2.24) is 0 Å². The van der Waals surface area contributed by atoms with E-state index >= 15 is 0 Å². The number of benzene rings is 2. The molecular formula is C16H18FNO2S. The molecule has 0 amide bonds. The van der Waals surface area contributed by atoms with Crippen LogP contribution < -0.4 is 5.73 Å². The quantitative estimate of drug-likeness (QED) is 0.948. The van der Waals surface area contributed by atoms with Crippen LogP contribution in [0.5, 0.6) is 0 Å². The fourth-order valence-electron chi connectivity index (χ4n) is 2.41. The van der Waals surface area contributed by atoms with E-state index in [4.69, 9.17) is 5.73 Å². The summed E-state index contributed by atoms with van der Waals surface area (Å²) in [7, 11) is -3.25. The molecule has 5 heteroatoms. The molecule has 0 heterocycles. The number of rotatable bonds is 3. The monoisotopic (exact) mass is 307 g/mol. The standard InChI is InChI=1S/C16H18FNO2S/c1-10-8-11(2)15(14(17)9-10)16(18)12-4-6-13(7-5-12)21(3,19)20/h4-9,16H,18H2,1-3H3. The molecule has 0 aliphatic carbocycles. The van der Waals surface area contributed by atoms with E-state index in [9.17, 15) is 12.8 Å². The molecule has 0 spiro atoms. The first kappa shape index (κ1) is 15.7. The first-order chi connectivity index (χ1) is 9.70. The lowest BCUT2D eigenvalue weighted by atomic mass is 9.94. The highest BCUT2D eigenvalue weighted by Gasteiger charge is 2.17. The van der Waals surface area contributed by atoms with Crippen LogP contribution in [0.1, 0.15) is 28.3 Å². The lowest BCUT2D eigenvalue weighted by Gasteiger charge is -2.17. The Morgan fingerprint density at radius 3 is 2.14 bits per heavy atom. The third-order valence-corrected chi connectivity index (χ3v) is 4.59. The summed E-state index contributed by atoms with van der Waals surface area (Å²) >= 11 is 0. The Hall–Kier alpha value is -1.72. The minimum atomic E-state index is -3.25. The second-order valence-electron chi connectivity index (χ2n) is 5.30. The Morgan fingerprint density at radius 2 is 1.67 bits per heavy atom. The minimum absolute atomic E-state index is 0.222. The molecule has 0 radical (unpaired) electrons. The van der Waals surface area contributed by atoms with E-state index in [-0.39, 0.29) is 10.7 Å². The number of sulfone groups is 1. The Morgan fingerprint density at radius 1 is 1.10 bits per heavy atom. The number of hydrogen-bond donors (Lipinski definition) is 1. The molecule has 0 fully saturated rings. The van der Waals surface area contributed by atoms with Gasteiger partial charge in [0, 0.05) is 11.8 Å². The second-order valence-corrected chi connectivity index (χ2v) is 7.31. The normalized spacial score (nSPS) is 13.2. The largest absolute Gasteiger partial charge is 0.320 e. The van der Waals surface area contributed by atoms with Crippen LogP contribution in [0, 0.1) is 19.7 Å². The van der Waals surface area contributed by atoms with Gasteiger partial charge in [0.1, 0.15) is 5.82 Å². The summed E-state index contributed by atoms with van der Waals surface area (Å²) in [5, 5.41) is 0. The topological polar surface area (TPSA) is 60.2 Å². The molecule has 21 heavy (non-hydrogen) atoms. The zero-order chi connectivity index (χ0) is 15.8. The van der Waals surface area contributed by atoms with Gasteiger partial charge in [-0.25, -0.2) is 12.8 Å². The van der Waals surface area contributed by atoms with Crippen molar-refractivity contribution in [2.45, 2.75) is 24.8 Å². The molecule has 1 unspecified atom stereocenters. The predicted molar refractivity (Wildman–Crippen MR) is 81.5 cm³/mol. The van der Waals surface area contributed by atoms with E-state index < -0.39 is 15.9 Å². The second kappa shape index (κ2) is 5.58. The predicted octanol–water partition coefficient (Wildman–Crippen LogP) is 2.89. The van der Waals surface area contributed by atoms with Crippen molar-refractivity contribution < 1.29 is 12.8 Å². The van der Waals surface area contributed by atoms with E-state index in [2.05, 4.69) is 0 Å². The van der Waals surface area contributed by atoms with Gasteiger partial charge < -0.3 is 5.73 Å². The Bertz CT molecular complexity index is 744. The van der Waals surface area contributed by atoms with Gasteiger partial charge in [0.05, 0.1) is 10.9 Å². The van der Waals surface area contributed by atoms with Gasteiger partial charge in [0.15, 0.2) is 9.84 Å². The van der Waals surface area contributed by atoms with Gasteiger partial charge in [-0.05, 0) is 48.7 Å². The molecule has 112 valence electrons. The van der Waals surface area contributed by atoms with Crippen LogP contribution in [0.3, 0.4) is 0 Å². The van der Waals surface area contributed by atoms with Crippen molar-refractivity contribution in [2.24, 2.45) is 5.73 Å². The van der Waals surface area contributed by atoms with Crippen LogP contribution in [0.25, 0.3) is 0 Å². The molecular weight excluding hydrogens is 289 g/mol. The van der Waals surface area contributed by atoms with E-state index in [0.29, 0.717) is 11.1 Å². The lowest BCUT2D eigenvalue weighted by Crippen LogP contribution is -2.15. The first-order valence-electron chi connectivity index (χ1n) is 6.52. The summed E-state index contributed by atoms with van der Waals surface area (Å²) in [5.41, 5.74) is 8.88. The molecule has 2 aromatic carbocycles. The Labute approximate surface area is 124 Å². The highest BCUT2D eigenvalue weighted by Crippen LogP contribution is 2.27. The van der Waals surface area contributed by atoms with Crippen LogP contribution in [0.15, 0.2) is 41.3 Å². The highest BCUT2D eigenvalue weighted by molar-refractivity contribution is 7.90. The number of nitrogens with two attached hydrogens (primary N) is 1. The van der Waals surface area contributed by atoms with Crippen molar-refractivity contribution in [3.63, 3.8) is 0 Å². The van der Waals surface area contributed by atoms with E-state index in [0.717, 1.165) is 17.4 Å².